The molecule has 2 nitrogen and oxygen atoms in total. The van der Waals surface area contributed by atoms with Gasteiger partial charge >= 0.3 is 0 Å². The molecule has 1 heterocycles. The Morgan fingerprint density at radius 2 is 2.04 bits per heavy atom. The average molecular weight is 308 g/mol. The Balaban J connectivity index is 1.96. The lowest BCUT2D eigenvalue weighted by molar-refractivity contribution is 0.227. The predicted molar refractivity (Wildman–Crippen MR) is 90.5 cm³/mol. The highest BCUT2D eigenvalue weighted by Crippen LogP contribution is 2.47. The summed E-state index contributed by atoms with van der Waals surface area (Å²) in [6.45, 7) is 3.39. The molecule has 23 heavy (non-hydrogen) atoms. The number of nitrogens with zero attached hydrogens (tertiary/aromatic N) is 2. The van der Waals surface area contributed by atoms with E-state index < -0.39 is 0 Å². The normalized spacial score (nSPS) is 24.3. The summed E-state index contributed by atoms with van der Waals surface area (Å²) in [7, 11) is 0. The van der Waals surface area contributed by atoms with Gasteiger partial charge in [-0.3, -0.25) is 4.98 Å². The van der Waals surface area contributed by atoms with Gasteiger partial charge in [0.05, 0.1) is 17.4 Å². The van der Waals surface area contributed by atoms with E-state index in [2.05, 4.69) is 29.8 Å². The molecule has 1 fully saturated rings. The number of pyridine rings is 1. The molecule has 0 amide bonds. The lowest BCUT2D eigenvalue weighted by Crippen LogP contribution is -2.32. The minimum atomic E-state index is -0.225. The van der Waals surface area contributed by atoms with E-state index in [1.54, 1.807) is 0 Å². The van der Waals surface area contributed by atoms with E-state index >= 15 is 0 Å². The number of nitriles is 1. The van der Waals surface area contributed by atoms with Crippen LogP contribution in [0.5, 0.6) is 0 Å². The van der Waals surface area contributed by atoms with Gasteiger partial charge in [-0.05, 0) is 49.3 Å². The molecule has 0 atom stereocenters. The molecule has 0 radical (unpaired) electrons. The summed E-state index contributed by atoms with van der Waals surface area (Å²) in [4.78, 5) is 4.44. The Labute approximate surface area is 136 Å². The Morgan fingerprint density at radius 3 is 2.74 bits per heavy atom. The van der Waals surface area contributed by atoms with Crippen LogP contribution >= 0.6 is 0 Å². The van der Waals surface area contributed by atoms with Crippen molar-refractivity contribution < 1.29 is 4.39 Å². The molecule has 2 aromatic rings. The molecule has 3 rings (SSSR count). The van der Waals surface area contributed by atoms with Crippen LogP contribution in [-0.4, -0.2) is 4.98 Å². The van der Waals surface area contributed by atoms with Gasteiger partial charge in [0.1, 0.15) is 0 Å². The molecule has 3 heteroatoms. The van der Waals surface area contributed by atoms with E-state index in [4.69, 9.17) is 0 Å². The average Bonchev–Trinajstić information content (AvgIpc) is 2.56. The maximum Gasteiger partial charge on any atom is 0.0930 e. The van der Waals surface area contributed by atoms with Crippen LogP contribution in [0.2, 0.25) is 0 Å². The van der Waals surface area contributed by atoms with Gasteiger partial charge in [0.2, 0.25) is 0 Å². The standard InChI is InChI=1S/C20H21FN2/c1-15(21)14-16-6-9-20(10-7-16,11-12-22)18-8-13-23-19-5-3-2-4-17(18)19/h2-5,8,13,16H,1,6-7,9-11,14H2. The Kier molecular flexibility index (Phi) is 4.43. The van der Waals surface area contributed by atoms with Gasteiger partial charge in [-0.1, -0.05) is 24.8 Å². The minimum absolute atomic E-state index is 0.133. The van der Waals surface area contributed by atoms with Gasteiger partial charge in [-0.15, -0.1) is 0 Å². The number of para-hydroxylation sites is 1. The van der Waals surface area contributed by atoms with Crippen molar-refractivity contribution in [2.75, 3.05) is 0 Å². The van der Waals surface area contributed by atoms with E-state index in [1.165, 1.54) is 5.56 Å². The molecule has 1 aliphatic carbocycles. The van der Waals surface area contributed by atoms with Crippen molar-refractivity contribution >= 4 is 10.9 Å². The summed E-state index contributed by atoms with van der Waals surface area (Å²) in [5, 5.41) is 10.5. The molecule has 1 aromatic heterocycles. The molecule has 0 N–H and O–H groups in total. The van der Waals surface area contributed by atoms with Crippen LogP contribution in [0.1, 0.15) is 44.1 Å². The number of benzene rings is 1. The summed E-state index contributed by atoms with van der Waals surface area (Å²) >= 11 is 0. The fraction of sp³-hybridized carbons (Fsp3) is 0.400. The number of aromatic nitrogens is 1. The lowest BCUT2D eigenvalue weighted by atomic mass is 9.64. The summed E-state index contributed by atoms with van der Waals surface area (Å²) in [6.07, 6.45) is 6.54. The molecular formula is C20H21FN2. The summed E-state index contributed by atoms with van der Waals surface area (Å²) < 4.78 is 13.1. The third kappa shape index (κ3) is 3.12. The Morgan fingerprint density at radius 1 is 1.30 bits per heavy atom. The van der Waals surface area contributed by atoms with Crippen LogP contribution < -0.4 is 0 Å². The molecule has 0 aliphatic heterocycles. The zero-order chi connectivity index (χ0) is 16.3. The zero-order valence-electron chi connectivity index (χ0n) is 13.3. The van der Waals surface area contributed by atoms with Gasteiger partial charge in [-0.25, -0.2) is 4.39 Å². The van der Waals surface area contributed by atoms with Gasteiger partial charge < -0.3 is 0 Å². The zero-order valence-corrected chi connectivity index (χ0v) is 13.3. The first-order valence-electron chi connectivity index (χ1n) is 8.19. The van der Waals surface area contributed by atoms with E-state index in [-0.39, 0.29) is 11.2 Å². The first kappa shape index (κ1) is 15.7. The van der Waals surface area contributed by atoms with Gasteiger partial charge in [0.25, 0.3) is 0 Å². The SMILES string of the molecule is C=C(F)CC1CCC(CC#N)(c2ccnc3ccccc23)CC1. The fourth-order valence-corrected chi connectivity index (χ4v) is 4.00. The summed E-state index contributed by atoms with van der Waals surface area (Å²) in [6, 6.07) is 12.6. The summed E-state index contributed by atoms with van der Waals surface area (Å²) in [5.74, 6) is 0.129. The molecule has 1 saturated carbocycles. The monoisotopic (exact) mass is 308 g/mol. The quantitative estimate of drug-likeness (QED) is 0.753. The number of halogens is 1. The van der Waals surface area contributed by atoms with Gasteiger partial charge in [0, 0.05) is 29.8 Å². The largest absolute Gasteiger partial charge is 0.256 e. The molecular weight excluding hydrogens is 287 g/mol. The lowest BCUT2D eigenvalue weighted by Gasteiger charge is -2.39. The molecule has 1 aromatic carbocycles. The Bertz CT molecular complexity index is 746. The highest BCUT2D eigenvalue weighted by Gasteiger charge is 2.38. The van der Waals surface area contributed by atoms with Gasteiger partial charge in [0.15, 0.2) is 0 Å². The van der Waals surface area contributed by atoms with Crippen LogP contribution in [0.3, 0.4) is 0 Å². The number of allylic oxidation sites excluding steroid dienone is 1. The predicted octanol–water partition coefficient (Wildman–Crippen LogP) is 5.45. The van der Waals surface area contributed by atoms with Crippen LogP contribution in [0.25, 0.3) is 10.9 Å². The van der Waals surface area contributed by atoms with E-state index in [9.17, 15) is 9.65 Å². The molecule has 118 valence electrons. The molecule has 0 spiro atoms. The minimum Gasteiger partial charge on any atom is -0.256 e. The number of fused-ring (bicyclic) bond motifs is 1. The van der Waals surface area contributed by atoms with Crippen LogP contribution in [-0.2, 0) is 5.41 Å². The van der Waals surface area contributed by atoms with Crippen molar-refractivity contribution in [2.45, 2.75) is 43.9 Å². The third-order valence-corrected chi connectivity index (χ3v) is 5.21. The highest BCUT2D eigenvalue weighted by atomic mass is 19.1. The number of rotatable bonds is 4. The maximum absolute atomic E-state index is 13.1. The van der Waals surface area contributed by atoms with Crippen molar-refractivity contribution in [2.24, 2.45) is 5.92 Å². The van der Waals surface area contributed by atoms with E-state index in [1.807, 2.05) is 24.4 Å². The second-order valence-electron chi connectivity index (χ2n) is 6.66. The fourth-order valence-electron chi connectivity index (χ4n) is 4.00. The topological polar surface area (TPSA) is 36.7 Å². The second kappa shape index (κ2) is 6.50. The first-order chi connectivity index (χ1) is 11.1. The number of hydrogen-bond donors (Lipinski definition) is 0. The Hall–Kier alpha value is -2.21. The molecule has 0 saturated heterocycles. The third-order valence-electron chi connectivity index (χ3n) is 5.21. The van der Waals surface area contributed by atoms with E-state index in [0.29, 0.717) is 18.8 Å². The van der Waals surface area contributed by atoms with Crippen molar-refractivity contribution in [3.63, 3.8) is 0 Å². The van der Waals surface area contributed by atoms with E-state index in [0.717, 1.165) is 36.6 Å². The second-order valence-corrected chi connectivity index (χ2v) is 6.66. The van der Waals surface area contributed by atoms with Crippen LogP contribution in [0, 0.1) is 17.2 Å². The van der Waals surface area contributed by atoms with Crippen LogP contribution in [0.15, 0.2) is 48.9 Å². The molecule has 1 aliphatic rings. The molecule has 0 bridgehead atoms. The summed E-state index contributed by atoms with van der Waals surface area (Å²) in [5.41, 5.74) is 2.06. The first-order valence-corrected chi connectivity index (χ1v) is 8.19. The van der Waals surface area contributed by atoms with Crippen molar-refractivity contribution in [3.8, 4) is 6.07 Å². The van der Waals surface area contributed by atoms with Crippen molar-refractivity contribution in [3.05, 3.63) is 54.5 Å². The van der Waals surface area contributed by atoms with Crippen molar-refractivity contribution in [1.29, 1.82) is 5.26 Å². The van der Waals surface area contributed by atoms with Crippen LogP contribution in [0.4, 0.5) is 4.39 Å². The van der Waals surface area contributed by atoms with Crippen molar-refractivity contribution in [1.82, 2.24) is 4.98 Å². The smallest absolute Gasteiger partial charge is 0.0930 e. The number of hydrogen-bond acceptors (Lipinski definition) is 2. The maximum atomic E-state index is 13.1. The van der Waals surface area contributed by atoms with Gasteiger partial charge in [-0.2, -0.15) is 5.26 Å². The molecule has 0 unspecified atom stereocenters. The highest BCUT2D eigenvalue weighted by molar-refractivity contribution is 5.83.